The molecule has 0 fully saturated rings. The fourth-order valence-corrected chi connectivity index (χ4v) is 2.77. The van der Waals surface area contributed by atoms with Crippen LogP contribution in [-0.2, 0) is 11.2 Å². The van der Waals surface area contributed by atoms with Gasteiger partial charge in [-0.05, 0) is 24.1 Å². The van der Waals surface area contributed by atoms with E-state index in [9.17, 15) is 9.59 Å². The molecule has 6 nitrogen and oxygen atoms in total. The summed E-state index contributed by atoms with van der Waals surface area (Å²) in [6.07, 6.45) is 1.16. The minimum absolute atomic E-state index is 0.107. The van der Waals surface area contributed by atoms with Gasteiger partial charge in [0.25, 0.3) is 5.56 Å². The third kappa shape index (κ3) is 5.51. The Labute approximate surface area is 153 Å². The van der Waals surface area contributed by atoms with Crippen LogP contribution in [0, 0.1) is 0 Å². The van der Waals surface area contributed by atoms with Gasteiger partial charge in [0.05, 0.1) is 15.8 Å². The minimum atomic E-state index is -0.340. The smallest absolute Gasteiger partial charge is 0.273 e. The van der Waals surface area contributed by atoms with E-state index in [1.807, 2.05) is 6.92 Å². The zero-order valence-corrected chi connectivity index (χ0v) is 15.3. The summed E-state index contributed by atoms with van der Waals surface area (Å²) in [6, 6.07) is 5.13. The number of carbonyl (C=O) groups is 1. The van der Waals surface area contributed by atoms with E-state index in [1.165, 1.54) is 0 Å². The van der Waals surface area contributed by atoms with Crippen molar-refractivity contribution in [2.45, 2.75) is 24.9 Å². The second-order valence-corrected chi connectivity index (χ2v) is 6.75. The molecule has 9 heteroatoms. The molecule has 0 aliphatic carbocycles. The van der Waals surface area contributed by atoms with Gasteiger partial charge in [0.15, 0.2) is 5.16 Å². The molecule has 0 atom stereocenters. The number of nitrogens with zero attached hydrogens (tertiary/aromatic N) is 2. The van der Waals surface area contributed by atoms with Gasteiger partial charge >= 0.3 is 0 Å². The molecule has 24 heavy (non-hydrogen) atoms. The third-order valence-electron chi connectivity index (χ3n) is 3.01. The lowest BCUT2D eigenvalue weighted by Gasteiger charge is -2.04. The number of aromatic nitrogens is 3. The van der Waals surface area contributed by atoms with Crippen LogP contribution in [0.1, 0.15) is 24.6 Å². The number of hydrogen-bond acceptors (Lipinski definition) is 5. The zero-order chi connectivity index (χ0) is 17.5. The number of carbonyl (C=O) groups excluding carboxylic acids is 1. The summed E-state index contributed by atoms with van der Waals surface area (Å²) >= 11 is 13.0. The summed E-state index contributed by atoms with van der Waals surface area (Å²) in [5.74, 6) is 0.0703. The van der Waals surface area contributed by atoms with E-state index in [0.717, 1.165) is 23.7 Å². The fourth-order valence-electron chi connectivity index (χ4n) is 1.82. The number of aromatic amines is 1. The number of thioether (sulfide) groups is 1. The average Bonchev–Trinajstić information content (AvgIpc) is 2.56. The van der Waals surface area contributed by atoms with Gasteiger partial charge < -0.3 is 5.32 Å². The first-order valence-electron chi connectivity index (χ1n) is 7.29. The summed E-state index contributed by atoms with van der Waals surface area (Å²) in [5, 5.41) is 11.8. The maximum atomic E-state index is 12.1. The molecule has 0 saturated heterocycles. The number of H-pyrrole nitrogens is 1. The lowest BCUT2D eigenvalue weighted by Crippen LogP contribution is -2.26. The van der Waals surface area contributed by atoms with E-state index >= 15 is 0 Å². The van der Waals surface area contributed by atoms with Crippen LogP contribution in [0.15, 0.2) is 28.2 Å². The van der Waals surface area contributed by atoms with Gasteiger partial charge in [-0.15, -0.1) is 10.2 Å². The Bertz CT molecular complexity index is 782. The molecule has 128 valence electrons. The number of halogens is 2. The highest BCUT2D eigenvalue weighted by Crippen LogP contribution is 2.23. The Kier molecular flexibility index (Phi) is 7.08. The van der Waals surface area contributed by atoms with Gasteiger partial charge in [-0.2, -0.15) is 0 Å². The van der Waals surface area contributed by atoms with Crippen LogP contribution in [0.5, 0.6) is 0 Å². The van der Waals surface area contributed by atoms with Crippen molar-refractivity contribution in [2.24, 2.45) is 0 Å². The molecular weight excluding hydrogens is 371 g/mol. The molecule has 2 rings (SSSR count). The van der Waals surface area contributed by atoms with Gasteiger partial charge in [-0.1, -0.05) is 48.0 Å². The van der Waals surface area contributed by atoms with E-state index in [-0.39, 0.29) is 22.9 Å². The van der Waals surface area contributed by atoms with E-state index in [0.29, 0.717) is 28.2 Å². The molecular formula is C15H16Cl2N4O2S. The second kappa shape index (κ2) is 9.05. The summed E-state index contributed by atoms with van der Waals surface area (Å²) < 4.78 is 0. The highest BCUT2D eigenvalue weighted by atomic mass is 35.5. The molecule has 0 saturated carbocycles. The minimum Gasteiger partial charge on any atom is -0.355 e. The van der Waals surface area contributed by atoms with E-state index < -0.39 is 0 Å². The monoisotopic (exact) mass is 386 g/mol. The third-order valence-corrected chi connectivity index (χ3v) is 4.61. The average molecular weight is 387 g/mol. The van der Waals surface area contributed by atoms with Gasteiger partial charge in [-0.3, -0.25) is 14.6 Å². The summed E-state index contributed by atoms with van der Waals surface area (Å²) in [6.45, 7) is 2.60. The van der Waals surface area contributed by atoms with Crippen molar-refractivity contribution >= 4 is 40.9 Å². The van der Waals surface area contributed by atoms with Crippen molar-refractivity contribution in [1.29, 1.82) is 0 Å². The van der Waals surface area contributed by atoms with Crippen LogP contribution in [0.2, 0.25) is 10.0 Å². The maximum absolute atomic E-state index is 12.1. The summed E-state index contributed by atoms with van der Waals surface area (Å²) in [5.41, 5.74) is 0.740. The van der Waals surface area contributed by atoms with Crippen LogP contribution in [-0.4, -0.2) is 33.4 Å². The fraction of sp³-hybridized carbons (Fsp3) is 0.333. The Balaban J connectivity index is 2.00. The molecule has 1 heterocycles. The molecule has 1 aromatic carbocycles. The number of nitrogens with one attached hydrogen (secondary N) is 2. The van der Waals surface area contributed by atoms with Crippen LogP contribution in [0.3, 0.4) is 0 Å². The first-order valence-corrected chi connectivity index (χ1v) is 9.03. The normalized spacial score (nSPS) is 10.6. The van der Waals surface area contributed by atoms with Crippen molar-refractivity contribution in [2.75, 3.05) is 12.3 Å². The van der Waals surface area contributed by atoms with Gasteiger partial charge in [0, 0.05) is 13.0 Å². The largest absolute Gasteiger partial charge is 0.355 e. The van der Waals surface area contributed by atoms with E-state index in [4.69, 9.17) is 23.2 Å². The number of amides is 1. The Morgan fingerprint density at radius 2 is 2.08 bits per heavy atom. The van der Waals surface area contributed by atoms with Crippen LogP contribution in [0.4, 0.5) is 0 Å². The molecule has 0 unspecified atom stereocenters. The van der Waals surface area contributed by atoms with Crippen molar-refractivity contribution in [3.05, 3.63) is 49.9 Å². The topological polar surface area (TPSA) is 87.7 Å². The molecule has 2 aromatic rings. The van der Waals surface area contributed by atoms with E-state index in [1.54, 1.807) is 18.2 Å². The number of rotatable bonds is 7. The Hall–Kier alpha value is -1.57. The molecule has 0 spiro atoms. The van der Waals surface area contributed by atoms with Crippen LogP contribution in [0.25, 0.3) is 0 Å². The highest BCUT2D eigenvalue weighted by Gasteiger charge is 2.09. The van der Waals surface area contributed by atoms with E-state index in [2.05, 4.69) is 20.5 Å². The lowest BCUT2D eigenvalue weighted by molar-refractivity contribution is -0.118. The Morgan fingerprint density at radius 3 is 2.75 bits per heavy atom. The predicted molar refractivity (Wildman–Crippen MR) is 95.9 cm³/mol. The van der Waals surface area contributed by atoms with Crippen molar-refractivity contribution in [3.8, 4) is 0 Å². The molecule has 0 aliphatic heterocycles. The van der Waals surface area contributed by atoms with Crippen molar-refractivity contribution < 1.29 is 4.79 Å². The molecule has 2 N–H and O–H groups in total. The second-order valence-electron chi connectivity index (χ2n) is 4.97. The first kappa shape index (κ1) is 18.8. The van der Waals surface area contributed by atoms with Crippen LogP contribution < -0.4 is 10.9 Å². The molecule has 0 radical (unpaired) electrons. The first-order chi connectivity index (χ1) is 11.5. The molecule has 1 amide bonds. The quantitative estimate of drug-likeness (QED) is 0.714. The molecule has 0 aliphatic rings. The number of benzene rings is 1. The van der Waals surface area contributed by atoms with Gasteiger partial charge in [0.1, 0.15) is 5.69 Å². The van der Waals surface area contributed by atoms with Crippen molar-refractivity contribution in [1.82, 2.24) is 20.5 Å². The van der Waals surface area contributed by atoms with Crippen molar-refractivity contribution in [3.63, 3.8) is 0 Å². The standard InChI is InChI=1S/C15H16Cl2N4O2S/c1-2-5-18-13(22)8-24-15-19-14(23)12(20-21-15)7-9-3-4-10(16)11(17)6-9/h3-4,6H,2,5,7-8H2,1H3,(H,18,22)(H,19,21,23). The SMILES string of the molecule is CCCNC(=O)CSc1nnc(Cc2ccc(Cl)c(Cl)c2)c(=O)[nH]1. The number of hydrogen-bond donors (Lipinski definition) is 2. The zero-order valence-electron chi connectivity index (χ0n) is 12.9. The Morgan fingerprint density at radius 1 is 1.29 bits per heavy atom. The van der Waals surface area contributed by atoms with Gasteiger partial charge in [-0.25, -0.2) is 0 Å². The highest BCUT2D eigenvalue weighted by molar-refractivity contribution is 7.99. The molecule has 1 aromatic heterocycles. The predicted octanol–water partition coefficient (Wildman–Crippen LogP) is 2.68. The molecule has 0 bridgehead atoms. The summed E-state index contributed by atoms with van der Waals surface area (Å²) in [7, 11) is 0. The lowest BCUT2D eigenvalue weighted by atomic mass is 10.1. The summed E-state index contributed by atoms with van der Waals surface area (Å²) in [4.78, 5) is 26.2. The van der Waals surface area contributed by atoms with Crippen LogP contribution >= 0.6 is 35.0 Å². The van der Waals surface area contributed by atoms with Gasteiger partial charge in [0.2, 0.25) is 5.91 Å². The maximum Gasteiger partial charge on any atom is 0.273 e.